The maximum absolute atomic E-state index is 11.3. The first-order chi connectivity index (χ1) is 6.27. The Labute approximate surface area is 82.6 Å². The largest absolute Gasteiger partial charge is 0.497 e. The number of hydrogen-bond donors (Lipinski definition) is 1. The number of allylic oxidation sites excluding steroid dienone is 1. The Morgan fingerprint density at radius 1 is 1.38 bits per heavy atom. The van der Waals surface area contributed by atoms with Gasteiger partial charge in [-0.1, -0.05) is 0 Å². The molecule has 2 nitrogen and oxygen atoms in total. The second-order valence-electron chi connectivity index (χ2n) is 2.41. The van der Waals surface area contributed by atoms with Gasteiger partial charge in [-0.25, -0.2) is 0 Å². The second-order valence-corrected chi connectivity index (χ2v) is 2.71. The molecule has 1 rings (SSSR count). The van der Waals surface area contributed by atoms with Crippen molar-refractivity contribution in [1.29, 1.82) is 0 Å². The molecule has 0 fully saturated rings. The van der Waals surface area contributed by atoms with Crippen LogP contribution in [0.5, 0.6) is 5.75 Å². The molecule has 0 heterocycles. The minimum Gasteiger partial charge on any atom is -0.497 e. The average molecular weight is 194 g/mol. The van der Waals surface area contributed by atoms with Crippen molar-refractivity contribution >= 4 is 18.4 Å². The fourth-order valence-electron chi connectivity index (χ4n) is 0.919. The quantitative estimate of drug-likeness (QED) is 0.454. The fraction of sp³-hybridized carbons (Fsp3) is 0.100. The molecule has 0 saturated heterocycles. The number of benzene rings is 1. The van der Waals surface area contributed by atoms with Crippen molar-refractivity contribution in [2.24, 2.45) is 0 Å². The minimum absolute atomic E-state index is 0.0577. The van der Waals surface area contributed by atoms with Gasteiger partial charge in [0.15, 0.2) is 5.78 Å². The molecule has 0 aromatic heterocycles. The third-order valence-corrected chi connectivity index (χ3v) is 1.75. The molecule has 0 saturated carbocycles. The van der Waals surface area contributed by atoms with Gasteiger partial charge in [0.25, 0.3) is 0 Å². The third kappa shape index (κ3) is 2.63. The molecule has 13 heavy (non-hydrogen) atoms. The average Bonchev–Trinajstić information content (AvgIpc) is 2.18. The lowest BCUT2D eigenvalue weighted by Crippen LogP contribution is -1.93. The summed E-state index contributed by atoms with van der Waals surface area (Å²) in [5, 5.41) is 1.42. The molecule has 68 valence electrons. The van der Waals surface area contributed by atoms with E-state index in [9.17, 15) is 4.79 Å². The number of ketones is 1. The first kappa shape index (κ1) is 9.86. The Bertz CT molecular complexity index is 314. The van der Waals surface area contributed by atoms with Crippen LogP contribution in [0.1, 0.15) is 10.4 Å². The van der Waals surface area contributed by atoms with Gasteiger partial charge >= 0.3 is 0 Å². The Morgan fingerprint density at radius 3 is 2.46 bits per heavy atom. The molecule has 0 spiro atoms. The summed E-state index contributed by atoms with van der Waals surface area (Å²) < 4.78 is 4.96. The van der Waals surface area contributed by atoms with Crippen LogP contribution < -0.4 is 4.74 Å². The zero-order chi connectivity index (χ0) is 9.68. The van der Waals surface area contributed by atoms with Gasteiger partial charge in [-0.2, -0.15) is 12.6 Å². The molecule has 3 heteroatoms. The Balaban J connectivity index is 2.85. The lowest BCUT2D eigenvalue weighted by molar-refractivity contribution is 0.104. The monoisotopic (exact) mass is 194 g/mol. The number of rotatable bonds is 3. The summed E-state index contributed by atoms with van der Waals surface area (Å²) in [6.45, 7) is 0. The molecule has 0 N–H and O–H groups in total. The summed E-state index contributed by atoms with van der Waals surface area (Å²) in [5.41, 5.74) is 0.631. The molecule has 0 bridgehead atoms. The third-order valence-electron chi connectivity index (χ3n) is 1.60. The maximum Gasteiger partial charge on any atom is 0.186 e. The predicted octanol–water partition coefficient (Wildman–Crippen LogP) is 2.32. The molecule has 0 radical (unpaired) electrons. The SMILES string of the molecule is COc1ccc(C(=O)/C=C/S)cc1. The van der Waals surface area contributed by atoms with Crippen molar-refractivity contribution in [3.63, 3.8) is 0 Å². The number of thiol groups is 1. The van der Waals surface area contributed by atoms with E-state index in [1.165, 1.54) is 11.5 Å². The molecule has 0 aliphatic carbocycles. The summed E-state index contributed by atoms with van der Waals surface area (Å²) in [7, 11) is 1.59. The van der Waals surface area contributed by atoms with E-state index >= 15 is 0 Å². The number of carbonyl (C=O) groups excluding carboxylic acids is 1. The topological polar surface area (TPSA) is 26.3 Å². The zero-order valence-corrected chi connectivity index (χ0v) is 8.12. The second kappa shape index (κ2) is 4.72. The number of methoxy groups -OCH3 is 1. The van der Waals surface area contributed by atoms with Crippen molar-refractivity contribution in [1.82, 2.24) is 0 Å². The zero-order valence-electron chi connectivity index (χ0n) is 7.23. The summed E-state index contributed by atoms with van der Waals surface area (Å²) >= 11 is 3.82. The van der Waals surface area contributed by atoms with Crippen LogP contribution in [0.15, 0.2) is 35.7 Å². The Hall–Kier alpha value is -1.22. The highest BCUT2D eigenvalue weighted by atomic mass is 32.1. The molecule has 0 aliphatic rings. The molecule has 1 aromatic rings. The van der Waals surface area contributed by atoms with E-state index in [-0.39, 0.29) is 5.78 Å². The van der Waals surface area contributed by atoms with Crippen molar-refractivity contribution in [2.45, 2.75) is 0 Å². The lowest BCUT2D eigenvalue weighted by atomic mass is 10.1. The van der Waals surface area contributed by atoms with Crippen LogP contribution in [0.2, 0.25) is 0 Å². The van der Waals surface area contributed by atoms with E-state index in [1.54, 1.807) is 31.4 Å². The molecular weight excluding hydrogens is 184 g/mol. The molecule has 0 aliphatic heterocycles. The van der Waals surface area contributed by atoms with E-state index in [2.05, 4.69) is 12.6 Å². The van der Waals surface area contributed by atoms with Crippen LogP contribution in [0.4, 0.5) is 0 Å². The molecule has 1 aromatic carbocycles. The first-order valence-corrected chi connectivity index (χ1v) is 4.28. The van der Waals surface area contributed by atoms with E-state index in [0.717, 1.165) is 5.75 Å². The van der Waals surface area contributed by atoms with Gasteiger partial charge in [0.2, 0.25) is 0 Å². The lowest BCUT2D eigenvalue weighted by Gasteiger charge is -1.99. The van der Waals surface area contributed by atoms with Crippen molar-refractivity contribution < 1.29 is 9.53 Å². The van der Waals surface area contributed by atoms with Crippen LogP contribution in [0.25, 0.3) is 0 Å². The van der Waals surface area contributed by atoms with Gasteiger partial charge in [0, 0.05) is 5.56 Å². The van der Waals surface area contributed by atoms with Crippen LogP contribution in [0.3, 0.4) is 0 Å². The van der Waals surface area contributed by atoms with Gasteiger partial charge in [-0.3, -0.25) is 4.79 Å². The van der Waals surface area contributed by atoms with Gasteiger partial charge in [0.05, 0.1) is 7.11 Å². The molecule has 0 unspecified atom stereocenters. The Kier molecular flexibility index (Phi) is 3.58. The van der Waals surface area contributed by atoms with Crippen LogP contribution in [-0.4, -0.2) is 12.9 Å². The van der Waals surface area contributed by atoms with E-state index < -0.39 is 0 Å². The maximum atomic E-state index is 11.3. The van der Waals surface area contributed by atoms with E-state index in [4.69, 9.17) is 4.74 Å². The standard InChI is InChI=1S/C10H10O2S/c1-12-9-4-2-8(3-5-9)10(11)6-7-13/h2-7,13H,1H3/b7-6+. The van der Waals surface area contributed by atoms with Gasteiger partial charge < -0.3 is 4.74 Å². The molecular formula is C10H10O2S. The fourth-order valence-corrected chi connectivity index (χ4v) is 1.05. The highest BCUT2D eigenvalue weighted by Gasteiger charge is 2.00. The Morgan fingerprint density at radius 2 is 2.00 bits per heavy atom. The van der Waals surface area contributed by atoms with Crippen molar-refractivity contribution in [3.05, 3.63) is 41.3 Å². The summed E-state index contributed by atoms with van der Waals surface area (Å²) in [6.07, 6.45) is 1.41. The van der Waals surface area contributed by atoms with Crippen molar-refractivity contribution in [3.8, 4) is 5.75 Å². The van der Waals surface area contributed by atoms with Crippen LogP contribution in [0, 0.1) is 0 Å². The summed E-state index contributed by atoms with van der Waals surface area (Å²) in [4.78, 5) is 11.3. The number of carbonyl (C=O) groups is 1. The summed E-state index contributed by atoms with van der Waals surface area (Å²) in [5.74, 6) is 0.684. The van der Waals surface area contributed by atoms with Crippen LogP contribution in [-0.2, 0) is 0 Å². The first-order valence-electron chi connectivity index (χ1n) is 3.77. The van der Waals surface area contributed by atoms with E-state index in [1.807, 2.05) is 0 Å². The predicted molar refractivity (Wildman–Crippen MR) is 55.5 cm³/mol. The van der Waals surface area contributed by atoms with Gasteiger partial charge in [-0.05, 0) is 35.7 Å². The molecule has 0 atom stereocenters. The van der Waals surface area contributed by atoms with Gasteiger partial charge in [0.1, 0.15) is 5.75 Å². The normalized spacial score (nSPS) is 10.3. The van der Waals surface area contributed by atoms with Crippen LogP contribution >= 0.6 is 12.6 Å². The minimum atomic E-state index is -0.0577. The van der Waals surface area contributed by atoms with Gasteiger partial charge in [-0.15, -0.1) is 0 Å². The number of hydrogen-bond acceptors (Lipinski definition) is 3. The number of ether oxygens (including phenoxy) is 1. The smallest absolute Gasteiger partial charge is 0.186 e. The van der Waals surface area contributed by atoms with Crippen molar-refractivity contribution in [2.75, 3.05) is 7.11 Å². The summed E-state index contributed by atoms with van der Waals surface area (Å²) in [6, 6.07) is 6.93. The van der Waals surface area contributed by atoms with E-state index in [0.29, 0.717) is 5.56 Å². The molecule has 0 amide bonds. The highest BCUT2D eigenvalue weighted by Crippen LogP contribution is 2.11. The highest BCUT2D eigenvalue weighted by molar-refractivity contribution is 7.83.